The average molecular weight is 466 g/mol. The number of allylic oxidation sites excluding steroid dienone is 3. The van der Waals surface area contributed by atoms with Gasteiger partial charge >= 0.3 is 17.9 Å². The number of esters is 3. The normalized spacial score (nSPS) is 33.1. The quantitative estimate of drug-likeness (QED) is 0.139. The molecule has 0 radical (unpaired) electrons. The first-order valence-corrected chi connectivity index (χ1v) is 10.6. The fraction of sp³-hybridized carbons (Fsp3) is 0.565. The molecule has 2 fully saturated rings. The number of nitrogens with one attached hydrogen (secondary N) is 1. The first-order chi connectivity index (χ1) is 15.0. The smallest absolute Gasteiger partial charge is 0.333 e. The van der Waals surface area contributed by atoms with Crippen LogP contribution in [0.1, 0.15) is 52.9 Å². The number of methoxy groups -OCH3 is 1. The maximum Gasteiger partial charge on any atom is 0.333 e. The maximum atomic E-state index is 13.5. The first kappa shape index (κ1) is 26.3. The molecule has 1 saturated heterocycles. The van der Waals surface area contributed by atoms with Crippen LogP contribution in [0.25, 0.3) is 0 Å². The van der Waals surface area contributed by atoms with Gasteiger partial charge < -0.3 is 20.4 Å². The molecule has 1 saturated carbocycles. The molecule has 1 heterocycles. The van der Waals surface area contributed by atoms with Crippen LogP contribution < -0.4 is 11.6 Å². The summed E-state index contributed by atoms with van der Waals surface area (Å²) in [5.41, 5.74) is -1.05. The zero-order valence-corrected chi connectivity index (χ0v) is 19.7. The van der Waals surface area contributed by atoms with E-state index in [2.05, 4.69) is 0 Å². The van der Waals surface area contributed by atoms with E-state index in [9.17, 15) is 19.2 Å². The Kier molecular flexibility index (Phi) is 7.55. The Morgan fingerprint density at radius 1 is 1.27 bits per heavy atom. The van der Waals surface area contributed by atoms with Gasteiger partial charge in [-0.2, -0.15) is 0 Å². The van der Waals surface area contributed by atoms with E-state index in [0.29, 0.717) is 31.3 Å². The van der Waals surface area contributed by atoms with Crippen LogP contribution in [0, 0.1) is 11.3 Å². The number of carbonyl (C=O) groups excluding carboxylic acids is 4. The second kappa shape index (κ2) is 9.48. The molecule has 4 atom stereocenters. The summed E-state index contributed by atoms with van der Waals surface area (Å²) in [6.07, 6.45) is 8.31. The van der Waals surface area contributed by atoms with Gasteiger partial charge in [0.05, 0.1) is 7.11 Å². The number of quaternary nitrogens is 1. The highest BCUT2D eigenvalue weighted by Gasteiger charge is 2.74. The summed E-state index contributed by atoms with van der Waals surface area (Å²) in [6, 6.07) is 0. The Labute approximate surface area is 192 Å². The number of rotatable bonds is 5. The van der Waals surface area contributed by atoms with Crippen molar-refractivity contribution in [2.24, 2.45) is 11.3 Å². The molecule has 1 amide bonds. The standard InChI is InChI=1S/C23H29NO8.H3N/c1-14(18(26)24-29)6-5-10-21(3)17-9-12-22(20(28)32-21)11-7-16(19(27)30-4)8-13-23(17,22)31-15(2)25;/h5-7,10,17,29H,8-9,11-13H2,1-4H3,(H,24,26);1H3/p+1/b10-5+,14-6+;/t17-,21+,22+,23-;/m0./s1. The van der Waals surface area contributed by atoms with Crippen LogP contribution >= 0.6 is 0 Å². The van der Waals surface area contributed by atoms with Gasteiger partial charge in [-0.05, 0) is 52.0 Å². The van der Waals surface area contributed by atoms with Crippen molar-refractivity contribution in [3.8, 4) is 0 Å². The van der Waals surface area contributed by atoms with E-state index in [0.717, 1.165) is 0 Å². The minimum atomic E-state index is -1.14. The van der Waals surface area contributed by atoms with Crippen molar-refractivity contribution >= 4 is 23.8 Å². The Morgan fingerprint density at radius 3 is 2.58 bits per heavy atom. The Hall–Kier alpha value is -2.98. The molecule has 0 spiro atoms. The van der Waals surface area contributed by atoms with Crippen molar-refractivity contribution in [3.05, 3.63) is 35.5 Å². The van der Waals surface area contributed by atoms with E-state index in [1.807, 2.05) is 0 Å². The number of carbonyl (C=O) groups is 4. The minimum Gasteiger partial charge on any atom is -0.466 e. The van der Waals surface area contributed by atoms with E-state index in [1.54, 1.807) is 30.6 Å². The van der Waals surface area contributed by atoms with Gasteiger partial charge in [0.1, 0.15) is 16.6 Å². The lowest BCUT2D eigenvalue weighted by atomic mass is 9.62. The van der Waals surface area contributed by atoms with Gasteiger partial charge in [-0.3, -0.25) is 19.6 Å². The van der Waals surface area contributed by atoms with E-state index in [4.69, 9.17) is 19.4 Å². The number of hydroxylamine groups is 1. The largest absolute Gasteiger partial charge is 0.466 e. The van der Waals surface area contributed by atoms with Crippen LogP contribution in [0.4, 0.5) is 0 Å². The van der Waals surface area contributed by atoms with Gasteiger partial charge in [-0.15, -0.1) is 0 Å². The summed E-state index contributed by atoms with van der Waals surface area (Å²) < 4.78 is 16.8. The van der Waals surface area contributed by atoms with Crippen molar-refractivity contribution in [1.82, 2.24) is 11.6 Å². The highest BCUT2D eigenvalue weighted by molar-refractivity contribution is 5.92. The van der Waals surface area contributed by atoms with Crippen molar-refractivity contribution in [3.63, 3.8) is 0 Å². The molecule has 3 rings (SSSR count). The number of hydrogen-bond acceptors (Lipinski definition) is 8. The van der Waals surface area contributed by atoms with Crippen molar-refractivity contribution in [1.29, 1.82) is 0 Å². The molecule has 3 aliphatic rings. The predicted molar refractivity (Wildman–Crippen MR) is 117 cm³/mol. The highest BCUT2D eigenvalue weighted by atomic mass is 16.6. The lowest BCUT2D eigenvalue weighted by Gasteiger charge is -2.54. The second-order valence-corrected chi connectivity index (χ2v) is 8.80. The Morgan fingerprint density at radius 2 is 1.97 bits per heavy atom. The average Bonchev–Trinajstić information content (AvgIpc) is 2.89. The fourth-order valence-electron chi connectivity index (χ4n) is 5.54. The molecule has 33 heavy (non-hydrogen) atoms. The Bertz CT molecular complexity index is 939. The molecule has 0 aromatic rings. The number of hydrogen-bond donors (Lipinski definition) is 3. The topological polar surface area (TPSA) is 165 Å². The zero-order valence-electron chi connectivity index (χ0n) is 19.7. The zero-order chi connectivity index (χ0) is 23.7. The van der Waals surface area contributed by atoms with E-state index in [1.165, 1.54) is 27.0 Å². The number of ether oxygens (including phenoxy) is 3. The van der Waals surface area contributed by atoms with Crippen LogP contribution in [0.5, 0.6) is 0 Å². The van der Waals surface area contributed by atoms with Crippen molar-refractivity contribution in [2.75, 3.05) is 7.11 Å². The molecule has 2 bridgehead atoms. The highest BCUT2D eigenvalue weighted by Crippen LogP contribution is 2.65. The SMILES string of the molecule is COC(=O)C1=CC[C@@]23CC[C@@H]([C@@](C)(/C=C/C=C(\C)C(=O)NO)OC2=O)[C@@]3(OC(C)=O)CC1.[NH4+]. The molecule has 10 heteroatoms. The van der Waals surface area contributed by atoms with Gasteiger partial charge in [0, 0.05) is 24.0 Å². The molecule has 0 aromatic heterocycles. The van der Waals surface area contributed by atoms with E-state index < -0.39 is 40.4 Å². The van der Waals surface area contributed by atoms with Crippen LogP contribution in [0.3, 0.4) is 0 Å². The van der Waals surface area contributed by atoms with Crippen molar-refractivity contribution < 1.29 is 38.6 Å². The summed E-state index contributed by atoms with van der Waals surface area (Å²) in [5.74, 6) is -2.44. The molecule has 182 valence electrons. The molecule has 10 nitrogen and oxygen atoms in total. The third-order valence-corrected chi connectivity index (χ3v) is 7.10. The molecule has 2 aliphatic carbocycles. The van der Waals surface area contributed by atoms with Crippen LogP contribution in [0.15, 0.2) is 35.5 Å². The molecule has 6 N–H and O–H groups in total. The van der Waals surface area contributed by atoms with Gasteiger partial charge in [0.25, 0.3) is 5.91 Å². The van der Waals surface area contributed by atoms with Gasteiger partial charge in [-0.25, -0.2) is 10.3 Å². The van der Waals surface area contributed by atoms with Gasteiger partial charge in [-0.1, -0.05) is 18.2 Å². The Balaban J connectivity index is 0.00000385. The predicted octanol–water partition coefficient (Wildman–Crippen LogP) is 2.67. The molecule has 0 aromatic carbocycles. The van der Waals surface area contributed by atoms with Crippen LogP contribution in [-0.4, -0.2) is 47.3 Å². The summed E-state index contributed by atoms with van der Waals surface area (Å²) in [6.45, 7) is 4.59. The second-order valence-electron chi connectivity index (χ2n) is 8.80. The maximum absolute atomic E-state index is 13.5. The fourth-order valence-corrected chi connectivity index (χ4v) is 5.54. The lowest BCUT2D eigenvalue weighted by Crippen LogP contribution is -2.65. The van der Waals surface area contributed by atoms with Gasteiger partial charge in [0.2, 0.25) is 0 Å². The van der Waals surface area contributed by atoms with Gasteiger partial charge in [0.15, 0.2) is 0 Å². The number of amides is 1. The molecular weight excluding hydrogens is 432 g/mol. The molecule has 1 aliphatic heterocycles. The first-order valence-electron chi connectivity index (χ1n) is 10.6. The van der Waals surface area contributed by atoms with Crippen molar-refractivity contribution in [2.45, 2.75) is 64.1 Å². The number of cyclic esters (lactones) is 1. The van der Waals surface area contributed by atoms with E-state index in [-0.39, 0.29) is 24.1 Å². The molecular formula is C23H33N2O8+. The minimum absolute atomic E-state index is 0. The summed E-state index contributed by atoms with van der Waals surface area (Å²) in [5, 5.41) is 8.76. The summed E-state index contributed by atoms with van der Waals surface area (Å²) >= 11 is 0. The third-order valence-electron chi connectivity index (χ3n) is 7.10. The summed E-state index contributed by atoms with van der Waals surface area (Å²) in [7, 11) is 1.30. The van der Waals surface area contributed by atoms with E-state index >= 15 is 0 Å². The summed E-state index contributed by atoms with van der Waals surface area (Å²) in [4.78, 5) is 49.3. The van der Waals surface area contributed by atoms with Crippen LogP contribution in [0.2, 0.25) is 0 Å². The van der Waals surface area contributed by atoms with Crippen LogP contribution in [-0.2, 0) is 33.4 Å². The molecule has 0 unspecified atom stereocenters. The lowest BCUT2D eigenvalue weighted by molar-refractivity contribution is -0.235. The monoisotopic (exact) mass is 465 g/mol. The third kappa shape index (κ3) is 4.20.